The molecule has 4 rings (SSSR count). The molecule has 0 unspecified atom stereocenters. The summed E-state index contributed by atoms with van der Waals surface area (Å²) in [4.78, 5) is 17.0. The lowest BCUT2D eigenvalue weighted by atomic mass is 10.2. The molecule has 0 aliphatic carbocycles. The number of nitrogens with zero attached hydrogens (tertiary/aromatic N) is 3. The SMILES string of the molecule is Cn1cc(NC(=O)c2csc(C3CNNC3)n2)c(Oc2ccccc2)n1. The molecule has 3 aromatic rings. The third-order valence-electron chi connectivity index (χ3n) is 3.93. The maximum Gasteiger partial charge on any atom is 0.275 e. The molecule has 26 heavy (non-hydrogen) atoms. The second-order valence-corrected chi connectivity index (χ2v) is 6.81. The number of carbonyl (C=O) groups excluding carboxylic acids is 1. The van der Waals surface area contributed by atoms with Crippen LogP contribution < -0.4 is 20.9 Å². The van der Waals surface area contributed by atoms with E-state index < -0.39 is 0 Å². The number of carbonyl (C=O) groups is 1. The Kier molecular flexibility index (Phi) is 4.65. The predicted octanol–water partition coefficient (Wildman–Crippen LogP) is 2.11. The fourth-order valence-electron chi connectivity index (χ4n) is 2.63. The van der Waals surface area contributed by atoms with E-state index in [2.05, 4.69) is 26.3 Å². The van der Waals surface area contributed by atoms with Crippen LogP contribution in [0.1, 0.15) is 21.4 Å². The van der Waals surface area contributed by atoms with Gasteiger partial charge in [0, 0.05) is 31.4 Å². The van der Waals surface area contributed by atoms with Crippen LogP contribution in [0.25, 0.3) is 0 Å². The normalized spacial score (nSPS) is 14.5. The molecule has 0 radical (unpaired) electrons. The Bertz CT molecular complexity index is 901. The summed E-state index contributed by atoms with van der Waals surface area (Å²) in [5.41, 5.74) is 7.04. The molecule has 1 aliphatic heterocycles. The molecule has 0 saturated carbocycles. The molecule has 0 bridgehead atoms. The van der Waals surface area contributed by atoms with E-state index in [1.165, 1.54) is 11.3 Å². The number of aromatic nitrogens is 3. The van der Waals surface area contributed by atoms with Gasteiger partial charge in [-0.15, -0.1) is 16.4 Å². The Labute approximate surface area is 154 Å². The fourth-order valence-corrected chi connectivity index (χ4v) is 3.53. The molecule has 2 aromatic heterocycles. The van der Waals surface area contributed by atoms with Gasteiger partial charge in [0.2, 0.25) is 0 Å². The zero-order chi connectivity index (χ0) is 17.9. The van der Waals surface area contributed by atoms with Gasteiger partial charge >= 0.3 is 0 Å². The highest BCUT2D eigenvalue weighted by atomic mass is 32.1. The average Bonchev–Trinajstić information content (AvgIpc) is 3.37. The topological polar surface area (TPSA) is 93.1 Å². The highest BCUT2D eigenvalue weighted by molar-refractivity contribution is 7.10. The van der Waals surface area contributed by atoms with Gasteiger partial charge in [0.15, 0.2) is 0 Å². The van der Waals surface area contributed by atoms with Crippen molar-refractivity contribution in [2.24, 2.45) is 7.05 Å². The van der Waals surface area contributed by atoms with Gasteiger partial charge in [-0.05, 0) is 12.1 Å². The summed E-state index contributed by atoms with van der Waals surface area (Å²) in [6, 6.07) is 9.32. The van der Waals surface area contributed by atoms with Gasteiger partial charge in [-0.2, -0.15) is 0 Å². The Morgan fingerprint density at radius 2 is 2.08 bits per heavy atom. The molecule has 1 fully saturated rings. The molecular weight excluding hydrogens is 352 g/mol. The lowest BCUT2D eigenvalue weighted by Gasteiger charge is -2.05. The summed E-state index contributed by atoms with van der Waals surface area (Å²) in [5.74, 6) is 1.000. The van der Waals surface area contributed by atoms with Crippen molar-refractivity contribution in [2.75, 3.05) is 18.4 Å². The smallest absolute Gasteiger partial charge is 0.275 e. The summed E-state index contributed by atoms with van der Waals surface area (Å²) in [5, 5.41) is 9.82. The van der Waals surface area contributed by atoms with Crippen molar-refractivity contribution in [3.05, 3.63) is 52.6 Å². The zero-order valence-electron chi connectivity index (χ0n) is 14.1. The standard InChI is InChI=1S/C17H18N6O2S/c1-23-9-13(16(22-23)25-12-5-3-2-4-6-12)20-15(24)14-10-26-17(21-14)11-7-18-19-8-11/h2-6,9-11,18-19H,7-8H2,1H3,(H,20,24). The Morgan fingerprint density at radius 3 is 2.85 bits per heavy atom. The van der Waals surface area contributed by atoms with Gasteiger partial charge < -0.3 is 10.1 Å². The molecule has 1 aliphatic rings. The fraction of sp³-hybridized carbons (Fsp3) is 0.235. The summed E-state index contributed by atoms with van der Waals surface area (Å²) >= 11 is 1.49. The third-order valence-corrected chi connectivity index (χ3v) is 4.93. The first-order valence-corrected chi connectivity index (χ1v) is 9.06. The quantitative estimate of drug-likeness (QED) is 0.637. The predicted molar refractivity (Wildman–Crippen MR) is 98.5 cm³/mol. The van der Waals surface area contributed by atoms with Crippen molar-refractivity contribution in [3.8, 4) is 11.6 Å². The summed E-state index contributed by atoms with van der Waals surface area (Å²) in [6.45, 7) is 1.62. The highest BCUT2D eigenvalue weighted by Gasteiger charge is 2.22. The third kappa shape index (κ3) is 3.59. The molecule has 1 saturated heterocycles. The molecule has 0 spiro atoms. The van der Waals surface area contributed by atoms with E-state index in [4.69, 9.17) is 4.74 Å². The van der Waals surface area contributed by atoms with E-state index in [9.17, 15) is 4.79 Å². The van der Waals surface area contributed by atoms with E-state index >= 15 is 0 Å². The minimum absolute atomic E-state index is 0.280. The van der Waals surface area contributed by atoms with Crippen LogP contribution in [0.15, 0.2) is 41.9 Å². The molecule has 3 N–H and O–H groups in total. The maximum atomic E-state index is 12.6. The second-order valence-electron chi connectivity index (χ2n) is 5.92. The zero-order valence-corrected chi connectivity index (χ0v) is 14.9. The van der Waals surface area contributed by atoms with Crippen LogP contribution in [-0.2, 0) is 7.05 Å². The maximum absolute atomic E-state index is 12.6. The van der Waals surface area contributed by atoms with Gasteiger partial charge in [0.05, 0.1) is 11.2 Å². The Balaban J connectivity index is 1.49. The molecule has 9 heteroatoms. The van der Waals surface area contributed by atoms with Crippen molar-refractivity contribution in [1.29, 1.82) is 0 Å². The van der Waals surface area contributed by atoms with Crippen molar-refractivity contribution in [3.63, 3.8) is 0 Å². The molecule has 3 heterocycles. The first-order valence-electron chi connectivity index (χ1n) is 8.18. The van der Waals surface area contributed by atoms with Crippen LogP contribution in [0.3, 0.4) is 0 Å². The minimum Gasteiger partial charge on any atom is -0.436 e. The number of para-hydroxylation sites is 1. The summed E-state index contributed by atoms with van der Waals surface area (Å²) in [6.07, 6.45) is 1.70. The van der Waals surface area contributed by atoms with E-state index in [1.54, 1.807) is 23.3 Å². The number of rotatable bonds is 5. The lowest BCUT2D eigenvalue weighted by molar-refractivity contribution is 0.102. The number of nitrogens with one attached hydrogen (secondary N) is 3. The highest BCUT2D eigenvalue weighted by Crippen LogP contribution is 2.28. The first-order chi connectivity index (χ1) is 12.7. The Hall–Kier alpha value is -2.75. The van der Waals surface area contributed by atoms with Crippen LogP contribution >= 0.6 is 11.3 Å². The van der Waals surface area contributed by atoms with Crippen molar-refractivity contribution in [1.82, 2.24) is 25.6 Å². The molecule has 8 nitrogen and oxygen atoms in total. The van der Waals surface area contributed by atoms with E-state index in [-0.39, 0.29) is 11.8 Å². The Morgan fingerprint density at radius 1 is 1.31 bits per heavy atom. The van der Waals surface area contributed by atoms with Crippen LogP contribution in [0.5, 0.6) is 11.6 Å². The van der Waals surface area contributed by atoms with Crippen molar-refractivity contribution >= 4 is 22.9 Å². The monoisotopic (exact) mass is 370 g/mol. The first kappa shape index (κ1) is 16.7. The molecule has 0 atom stereocenters. The number of benzene rings is 1. The van der Waals surface area contributed by atoms with E-state index in [1.807, 2.05) is 30.3 Å². The molecular formula is C17H18N6O2S. The number of anilines is 1. The number of hydrazine groups is 1. The van der Waals surface area contributed by atoms with Gasteiger partial charge in [0.1, 0.15) is 17.1 Å². The number of hydrogen-bond donors (Lipinski definition) is 3. The number of amides is 1. The van der Waals surface area contributed by atoms with Crippen molar-refractivity contribution < 1.29 is 9.53 Å². The van der Waals surface area contributed by atoms with Gasteiger partial charge in [0.25, 0.3) is 11.8 Å². The largest absolute Gasteiger partial charge is 0.436 e. The number of thiazole rings is 1. The van der Waals surface area contributed by atoms with Crippen molar-refractivity contribution in [2.45, 2.75) is 5.92 Å². The minimum atomic E-state index is -0.280. The number of aryl methyl sites for hydroxylation is 1. The van der Waals surface area contributed by atoms with Crippen LogP contribution in [0.4, 0.5) is 5.69 Å². The summed E-state index contributed by atoms with van der Waals surface area (Å²) in [7, 11) is 1.77. The lowest BCUT2D eigenvalue weighted by Crippen LogP contribution is -2.21. The van der Waals surface area contributed by atoms with E-state index in [0.29, 0.717) is 23.0 Å². The van der Waals surface area contributed by atoms with Gasteiger partial charge in [-0.1, -0.05) is 18.2 Å². The van der Waals surface area contributed by atoms with Crippen LogP contribution in [0, 0.1) is 0 Å². The number of hydrogen-bond acceptors (Lipinski definition) is 7. The molecule has 134 valence electrons. The van der Waals surface area contributed by atoms with Crippen LogP contribution in [0.2, 0.25) is 0 Å². The number of ether oxygens (including phenoxy) is 1. The van der Waals surface area contributed by atoms with E-state index in [0.717, 1.165) is 18.1 Å². The second kappa shape index (κ2) is 7.24. The van der Waals surface area contributed by atoms with Crippen LogP contribution in [-0.4, -0.2) is 33.8 Å². The average molecular weight is 370 g/mol. The van der Waals surface area contributed by atoms with Gasteiger partial charge in [-0.3, -0.25) is 20.3 Å². The van der Waals surface area contributed by atoms with Gasteiger partial charge in [-0.25, -0.2) is 4.98 Å². The molecule has 1 amide bonds. The summed E-state index contributed by atoms with van der Waals surface area (Å²) < 4.78 is 7.37. The molecule has 1 aromatic carbocycles.